The maximum Gasteiger partial charge on any atom is 0.330 e. The molecule has 2 saturated heterocycles. The summed E-state index contributed by atoms with van der Waals surface area (Å²) in [5.74, 6) is 2.65. The molecule has 3 rings (SSSR count). The summed E-state index contributed by atoms with van der Waals surface area (Å²) >= 11 is 0. The Balaban J connectivity index is 1.65. The van der Waals surface area contributed by atoms with Crippen molar-refractivity contribution in [3.63, 3.8) is 0 Å². The van der Waals surface area contributed by atoms with Gasteiger partial charge in [-0.15, -0.1) is 0 Å². The van der Waals surface area contributed by atoms with Crippen molar-refractivity contribution >= 4 is 23.9 Å². The highest BCUT2D eigenvalue weighted by atomic mass is 16.7. The molecule has 8 atom stereocenters. The van der Waals surface area contributed by atoms with Crippen LogP contribution in [0.15, 0.2) is 15.8 Å². The predicted molar refractivity (Wildman–Crippen MR) is 152 cm³/mol. The van der Waals surface area contributed by atoms with Crippen molar-refractivity contribution in [2.45, 2.75) is 103 Å². The molecule has 0 bridgehead atoms. The first-order valence-electron chi connectivity index (χ1n) is 14.5. The van der Waals surface area contributed by atoms with E-state index in [9.17, 15) is 39.0 Å². The van der Waals surface area contributed by atoms with Gasteiger partial charge in [-0.3, -0.25) is 33.5 Å². The lowest BCUT2D eigenvalue weighted by atomic mass is 9.98. The average Bonchev–Trinajstić information content (AvgIpc) is 3.34. The fourth-order valence-corrected chi connectivity index (χ4v) is 4.83. The highest BCUT2D eigenvalue weighted by Crippen LogP contribution is 2.30. The number of esters is 4. The van der Waals surface area contributed by atoms with Crippen molar-refractivity contribution in [3.8, 4) is 11.8 Å². The molecule has 46 heavy (non-hydrogen) atoms. The molecule has 0 saturated carbocycles. The second kappa shape index (κ2) is 17.0. The molecule has 17 heteroatoms. The van der Waals surface area contributed by atoms with Gasteiger partial charge < -0.3 is 43.4 Å². The molecule has 1 aromatic rings. The molecule has 0 radical (unpaired) electrons. The van der Waals surface area contributed by atoms with Crippen molar-refractivity contribution in [1.29, 1.82) is 0 Å². The number of aromatic nitrogens is 2. The van der Waals surface area contributed by atoms with Crippen LogP contribution in [0.4, 0.5) is 0 Å². The van der Waals surface area contributed by atoms with E-state index in [1.807, 2.05) is 0 Å². The molecule has 0 aromatic carbocycles. The number of ether oxygens (including phenoxy) is 7. The number of aliphatic hydroxyl groups excluding tert-OH is 2. The number of H-pyrrole nitrogens is 1. The molecular weight excluding hydrogens is 616 g/mol. The molecule has 0 aliphatic carbocycles. The lowest BCUT2D eigenvalue weighted by Gasteiger charge is -2.44. The number of rotatable bonds is 12. The number of unbranched alkanes of at least 4 members (excludes halogenated alkanes) is 2. The van der Waals surface area contributed by atoms with Crippen molar-refractivity contribution in [2.24, 2.45) is 0 Å². The van der Waals surface area contributed by atoms with Crippen LogP contribution in [0.1, 0.15) is 65.2 Å². The summed E-state index contributed by atoms with van der Waals surface area (Å²) in [7, 11) is 0. The van der Waals surface area contributed by atoms with E-state index in [1.165, 1.54) is 13.1 Å². The van der Waals surface area contributed by atoms with Crippen LogP contribution in [-0.2, 0) is 52.3 Å². The van der Waals surface area contributed by atoms with Gasteiger partial charge in [0.25, 0.3) is 5.56 Å². The van der Waals surface area contributed by atoms with Gasteiger partial charge in [0.05, 0.1) is 12.7 Å². The van der Waals surface area contributed by atoms with E-state index in [4.69, 9.17) is 33.2 Å². The predicted octanol–water partition coefficient (Wildman–Crippen LogP) is -1.20. The summed E-state index contributed by atoms with van der Waals surface area (Å²) in [6.45, 7) is 3.77. The summed E-state index contributed by atoms with van der Waals surface area (Å²) in [5, 5.41) is 19.3. The molecule has 1 aromatic heterocycles. The third-order valence-electron chi connectivity index (χ3n) is 6.81. The molecule has 2 aliphatic heterocycles. The first kappa shape index (κ1) is 36.4. The van der Waals surface area contributed by atoms with Crippen LogP contribution in [0.3, 0.4) is 0 Å². The zero-order valence-corrected chi connectivity index (χ0v) is 25.8. The molecule has 17 nitrogen and oxygen atoms in total. The maximum atomic E-state index is 12.3. The number of hydrogen-bond acceptors (Lipinski definition) is 15. The van der Waals surface area contributed by atoms with E-state index in [0.29, 0.717) is 19.3 Å². The number of carbonyl (C=O) groups excluding carboxylic acids is 4. The Hall–Kier alpha value is -4.08. The number of nitrogens with one attached hydrogen (secondary N) is 1. The van der Waals surface area contributed by atoms with Crippen LogP contribution in [0.25, 0.3) is 0 Å². The Morgan fingerprint density at radius 3 is 2.20 bits per heavy atom. The van der Waals surface area contributed by atoms with E-state index < -0.39 is 90.9 Å². The van der Waals surface area contributed by atoms with Gasteiger partial charge in [-0.05, 0) is 12.8 Å². The lowest BCUT2D eigenvalue weighted by molar-refractivity contribution is -0.308. The highest BCUT2D eigenvalue weighted by molar-refractivity contribution is 5.68. The average molecular weight is 655 g/mol. The number of aromatic amines is 1. The van der Waals surface area contributed by atoms with Gasteiger partial charge in [0, 0.05) is 53.3 Å². The van der Waals surface area contributed by atoms with E-state index in [2.05, 4.69) is 16.8 Å². The summed E-state index contributed by atoms with van der Waals surface area (Å²) in [6.07, 6.45) is -6.63. The minimum absolute atomic E-state index is 0.00103. The Bertz CT molecular complexity index is 1430. The Labute approximate surface area is 263 Å². The van der Waals surface area contributed by atoms with Crippen molar-refractivity contribution in [1.82, 2.24) is 9.55 Å². The standard InChI is InChI=1S/C29H38N2O15/c1-15(33)41-14-22-24(42-16(2)34)25(43-17(3)35)26(44-18(4)36)28(46-22)40-10-8-6-5-7-9-19-12-31(29(39)30-27(19)38)23-11-20(37)21(13-32)45-23/h12,20-26,28,32,37H,5-6,8,10-11,13-14H2,1-4H3,(H,30,38,39)/t20-,21+,22+,23+,24-,25-,26+,28+/m0/s1. The SMILES string of the molecule is CC(=O)OC[C@H]1O[C@@H](OCCCCC#Cc2cn([C@H]3C[C@H](O)[C@@H](CO)O3)c(=O)[nH]c2=O)[C@H](OC(C)=O)[C@@H](OC(C)=O)[C@H]1OC(C)=O. The fourth-order valence-electron chi connectivity index (χ4n) is 4.83. The first-order chi connectivity index (χ1) is 21.8. The zero-order chi connectivity index (χ0) is 34.0. The van der Waals surface area contributed by atoms with E-state index in [0.717, 1.165) is 25.3 Å². The van der Waals surface area contributed by atoms with Crippen LogP contribution in [0, 0.1) is 11.8 Å². The lowest BCUT2D eigenvalue weighted by Crippen LogP contribution is -2.63. The fraction of sp³-hybridized carbons (Fsp3) is 0.655. The van der Waals surface area contributed by atoms with Crippen LogP contribution < -0.4 is 11.2 Å². The molecular formula is C29H38N2O15. The summed E-state index contributed by atoms with van der Waals surface area (Å²) < 4.78 is 39.4. The van der Waals surface area contributed by atoms with E-state index in [-0.39, 0.29) is 25.2 Å². The monoisotopic (exact) mass is 654 g/mol. The van der Waals surface area contributed by atoms with Crippen molar-refractivity contribution < 1.29 is 62.5 Å². The smallest absolute Gasteiger partial charge is 0.330 e. The van der Waals surface area contributed by atoms with Gasteiger partial charge >= 0.3 is 29.6 Å². The summed E-state index contributed by atoms with van der Waals surface area (Å²) in [6, 6.07) is 0. The Morgan fingerprint density at radius 1 is 0.935 bits per heavy atom. The zero-order valence-electron chi connectivity index (χ0n) is 25.8. The van der Waals surface area contributed by atoms with Gasteiger partial charge in [0.1, 0.15) is 30.6 Å². The molecule has 3 N–H and O–H groups in total. The van der Waals surface area contributed by atoms with Crippen LogP contribution in [0.5, 0.6) is 0 Å². The van der Waals surface area contributed by atoms with Gasteiger partial charge in [-0.1, -0.05) is 11.8 Å². The quantitative estimate of drug-likeness (QED) is 0.104. The van der Waals surface area contributed by atoms with Crippen LogP contribution >= 0.6 is 0 Å². The Kier molecular flexibility index (Phi) is 13.5. The number of hydrogen-bond donors (Lipinski definition) is 3. The molecule has 0 amide bonds. The van der Waals surface area contributed by atoms with E-state index >= 15 is 0 Å². The van der Waals surface area contributed by atoms with Crippen molar-refractivity contribution in [3.05, 3.63) is 32.6 Å². The first-order valence-corrected chi connectivity index (χ1v) is 14.5. The molecule has 254 valence electrons. The van der Waals surface area contributed by atoms with Crippen molar-refractivity contribution in [2.75, 3.05) is 19.8 Å². The van der Waals surface area contributed by atoms with E-state index in [1.54, 1.807) is 0 Å². The Morgan fingerprint density at radius 2 is 1.59 bits per heavy atom. The summed E-state index contributed by atoms with van der Waals surface area (Å²) in [5.41, 5.74) is -1.44. The van der Waals surface area contributed by atoms with Gasteiger partial charge in [0.15, 0.2) is 24.6 Å². The highest BCUT2D eigenvalue weighted by Gasteiger charge is 2.52. The summed E-state index contributed by atoms with van der Waals surface area (Å²) in [4.78, 5) is 73.9. The second-order valence-corrected chi connectivity index (χ2v) is 10.5. The third-order valence-corrected chi connectivity index (χ3v) is 6.81. The number of aliphatic hydroxyl groups is 2. The molecule has 2 fully saturated rings. The minimum Gasteiger partial charge on any atom is -0.463 e. The topological polar surface area (TPSA) is 228 Å². The maximum absolute atomic E-state index is 12.3. The molecule has 2 aliphatic rings. The second-order valence-electron chi connectivity index (χ2n) is 10.5. The van der Waals surface area contributed by atoms with Crippen LogP contribution in [0.2, 0.25) is 0 Å². The van der Waals surface area contributed by atoms with Gasteiger partial charge in [-0.25, -0.2) is 4.79 Å². The molecule has 3 heterocycles. The van der Waals surface area contributed by atoms with Crippen LogP contribution in [-0.4, -0.2) is 106 Å². The number of nitrogens with zero attached hydrogens (tertiary/aromatic N) is 1. The third kappa shape index (κ3) is 10.2. The molecule has 0 unspecified atom stereocenters. The van der Waals surface area contributed by atoms with Gasteiger partial charge in [0.2, 0.25) is 0 Å². The normalized spacial score (nSPS) is 27.2. The minimum atomic E-state index is -1.34. The van der Waals surface area contributed by atoms with Gasteiger partial charge in [-0.2, -0.15) is 0 Å². The molecule has 0 spiro atoms. The largest absolute Gasteiger partial charge is 0.463 e. The number of carbonyl (C=O) groups is 4.